The van der Waals surface area contributed by atoms with Crippen LogP contribution in [0, 0.1) is 5.82 Å². The molecular weight excluding hydrogens is 644 g/mol. The smallest absolute Gasteiger partial charge is 0.319 e. The van der Waals surface area contributed by atoms with E-state index in [1.807, 2.05) is 17.9 Å². The Hall–Kier alpha value is -4.36. The third-order valence-corrected chi connectivity index (χ3v) is 10.4. The molecule has 3 aromatic heterocycles. The molecule has 2 saturated heterocycles. The SMILES string of the molecule is C[C@H](c1cccnc1N)N1CCOc2nc(-c3cc(OC=O)cc(Cl)c3C3CC3)c(F)c3nc(OC[C@@]45CCCN4C[C@H](F)C5)nc1c23. The van der Waals surface area contributed by atoms with Gasteiger partial charge in [-0.1, -0.05) is 17.7 Å². The second-order valence-corrected chi connectivity index (χ2v) is 13.5. The average Bonchev–Trinajstić information content (AvgIpc) is 3.79. The zero-order valence-corrected chi connectivity index (χ0v) is 27.1. The normalized spacial score (nSPS) is 22.7. The molecule has 0 spiro atoms. The predicted molar refractivity (Wildman–Crippen MR) is 175 cm³/mol. The molecule has 1 saturated carbocycles. The number of carbonyl (C=O) groups is 1. The minimum atomic E-state index is -0.936. The van der Waals surface area contributed by atoms with Crippen LogP contribution in [0.2, 0.25) is 5.02 Å². The quantitative estimate of drug-likeness (QED) is 0.216. The molecule has 0 bridgehead atoms. The number of hydrogen-bond acceptors (Lipinski definition) is 11. The number of anilines is 2. The molecule has 250 valence electrons. The average molecular weight is 678 g/mol. The van der Waals surface area contributed by atoms with Gasteiger partial charge >= 0.3 is 6.01 Å². The molecule has 2 N–H and O–H groups in total. The van der Waals surface area contributed by atoms with Crippen molar-refractivity contribution in [1.82, 2.24) is 24.8 Å². The van der Waals surface area contributed by atoms with Crippen molar-refractivity contribution in [2.24, 2.45) is 0 Å². The summed E-state index contributed by atoms with van der Waals surface area (Å²) in [6.45, 7) is 4.15. The highest BCUT2D eigenvalue weighted by molar-refractivity contribution is 6.32. The number of fused-ring (bicyclic) bond motifs is 1. The number of nitrogen functional groups attached to an aromatic ring is 1. The van der Waals surface area contributed by atoms with E-state index in [2.05, 4.69) is 14.9 Å². The highest BCUT2D eigenvalue weighted by Gasteiger charge is 2.49. The minimum Gasteiger partial charge on any atom is -0.475 e. The summed E-state index contributed by atoms with van der Waals surface area (Å²) >= 11 is 6.69. The number of pyridine rings is 2. The van der Waals surface area contributed by atoms with Crippen LogP contribution in [0.5, 0.6) is 17.6 Å². The van der Waals surface area contributed by atoms with Gasteiger partial charge in [-0.2, -0.15) is 9.97 Å². The molecule has 11 nitrogen and oxygen atoms in total. The second kappa shape index (κ2) is 12.0. The Bertz CT molecular complexity index is 1930. The summed E-state index contributed by atoms with van der Waals surface area (Å²) < 4.78 is 49.3. The molecule has 0 unspecified atom stereocenters. The van der Waals surface area contributed by atoms with Crippen LogP contribution < -0.4 is 24.8 Å². The van der Waals surface area contributed by atoms with E-state index >= 15 is 4.39 Å². The molecule has 1 aliphatic carbocycles. The lowest BCUT2D eigenvalue weighted by Crippen LogP contribution is -2.43. The molecule has 6 heterocycles. The van der Waals surface area contributed by atoms with Gasteiger partial charge in [-0.05, 0) is 68.8 Å². The molecule has 8 rings (SSSR count). The molecule has 48 heavy (non-hydrogen) atoms. The van der Waals surface area contributed by atoms with E-state index in [9.17, 15) is 9.18 Å². The van der Waals surface area contributed by atoms with Crippen LogP contribution in [0.15, 0.2) is 30.5 Å². The third kappa shape index (κ3) is 5.23. The van der Waals surface area contributed by atoms with E-state index < -0.39 is 17.5 Å². The number of halogens is 3. The van der Waals surface area contributed by atoms with E-state index in [4.69, 9.17) is 41.5 Å². The number of rotatable bonds is 9. The maximum absolute atomic E-state index is 17.1. The van der Waals surface area contributed by atoms with Gasteiger partial charge in [-0.15, -0.1) is 0 Å². The van der Waals surface area contributed by atoms with Crippen LogP contribution in [0.1, 0.15) is 62.1 Å². The fourth-order valence-electron chi connectivity index (χ4n) is 7.68. The third-order valence-electron chi connectivity index (χ3n) is 10.1. The molecule has 14 heteroatoms. The van der Waals surface area contributed by atoms with Gasteiger partial charge in [0.25, 0.3) is 6.47 Å². The van der Waals surface area contributed by atoms with Crippen LogP contribution in [-0.4, -0.2) is 75.9 Å². The Morgan fingerprint density at radius 2 is 2.10 bits per heavy atom. The molecule has 1 aromatic carbocycles. The molecule has 0 amide bonds. The van der Waals surface area contributed by atoms with E-state index in [0.29, 0.717) is 48.2 Å². The number of alkyl halides is 1. The van der Waals surface area contributed by atoms with Gasteiger partial charge in [0.1, 0.15) is 53.4 Å². The van der Waals surface area contributed by atoms with Gasteiger partial charge in [0, 0.05) is 35.3 Å². The zero-order chi connectivity index (χ0) is 33.2. The topological polar surface area (TPSA) is 129 Å². The molecular formula is C34H34ClF2N7O4. The van der Waals surface area contributed by atoms with E-state index in [1.165, 1.54) is 0 Å². The summed E-state index contributed by atoms with van der Waals surface area (Å²) in [4.78, 5) is 33.8. The number of carbonyl (C=O) groups excluding carboxylic acids is 1. The standard InChI is InChI=1S/C34H34ClF2N7O4/c1-18(22-4-2-8-39-30(22)38)44-10-11-46-32-26-29(41-33(42-31(26)44)47-16-34-7-3-9-43(34)15-20(36)14-34)27(37)28(40-32)23-12-21(48-17-45)13-24(35)25(23)19-5-6-19/h2,4,8,12-13,17-20H,3,5-7,9-11,14-16H2,1H3,(H2,38,39)/t18-,20-,34+/m1/s1. The minimum absolute atomic E-state index is 0.0390. The number of nitrogens with zero attached hydrogens (tertiary/aromatic N) is 6. The number of aromatic nitrogens is 4. The van der Waals surface area contributed by atoms with E-state index in [0.717, 1.165) is 43.4 Å². The number of benzene rings is 1. The zero-order valence-electron chi connectivity index (χ0n) is 26.3. The van der Waals surface area contributed by atoms with Gasteiger partial charge in [-0.3, -0.25) is 9.69 Å². The van der Waals surface area contributed by atoms with Crippen LogP contribution in [0.4, 0.5) is 20.4 Å². The number of nitrogens with two attached hydrogens (primary N) is 1. The van der Waals surface area contributed by atoms with Crippen molar-refractivity contribution in [3.63, 3.8) is 0 Å². The maximum Gasteiger partial charge on any atom is 0.319 e. The lowest BCUT2D eigenvalue weighted by atomic mass is 9.95. The summed E-state index contributed by atoms with van der Waals surface area (Å²) in [5, 5.41) is 0.629. The highest BCUT2D eigenvalue weighted by atomic mass is 35.5. The lowest BCUT2D eigenvalue weighted by molar-refractivity contribution is -0.120. The molecule has 0 radical (unpaired) electrons. The fraction of sp³-hybridized carbons (Fsp3) is 0.441. The van der Waals surface area contributed by atoms with Crippen molar-refractivity contribution in [2.75, 3.05) is 43.5 Å². The summed E-state index contributed by atoms with van der Waals surface area (Å²) in [6, 6.07) is 6.42. The second-order valence-electron chi connectivity index (χ2n) is 13.0. The van der Waals surface area contributed by atoms with Gasteiger partial charge in [0.2, 0.25) is 5.88 Å². The largest absolute Gasteiger partial charge is 0.475 e. The van der Waals surface area contributed by atoms with Crippen molar-refractivity contribution in [2.45, 2.75) is 62.7 Å². The van der Waals surface area contributed by atoms with Crippen LogP contribution in [0.25, 0.3) is 22.2 Å². The monoisotopic (exact) mass is 677 g/mol. The highest BCUT2D eigenvalue weighted by Crippen LogP contribution is 2.50. The van der Waals surface area contributed by atoms with Gasteiger partial charge in [0.05, 0.1) is 18.1 Å². The Kier molecular flexibility index (Phi) is 7.71. The van der Waals surface area contributed by atoms with Crippen LogP contribution in [0.3, 0.4) is 0 Å². The summed E-state index contributed by atoms with van der Waals surface area (Å²) in [6.07, 6.45) is 4.55. The molecule has 3 atom stereocenters. The Balaban J connectivity index is 1.31. The van der Waals surface area contributed by atoms with Crippen molar-refractivity contribution in [3.05, 3.63) is 52.4 Å². The number of hydrogen-bond donors (Lipinski definition) is 1. The summed E-state index contributed by atoms with van der Waals surface area (Å²) in [5.74, 6) is 0.412. The molecule has 3 aliphatic heterocycles. The van der Waals surface area contributed by atoms with Crippen molar-refractivity contribution in [1.29, 1.82) is 0 Å². The van der Waals surface area contributed by atoms with Gasteiger partial charge in [0.15, 0.2) is 5.82 Å². The van der Waals surface area contributed by atoms with Crippen LogP contribution >= 0.6 is 11.6 Å². The predicted octanol–water partition coefficient (Wildman–Crippen LogP) is 5.79. The van der Waals surface area contributed by atoms with Gasteiger partial charge in [-0.25, -0.2) is 18.7 Å². The Morgan fingerprint density at radius 3 is 2.90 bits per heavy atom. The van der Waals surface area contributed by atoms with E-state index in [1.54, 1.807) is 24.4 Å². The van der Waals surface area contributed by atoms with Crippen LogP contribution in [-0.2, 0) is 4.79 Å². The molecule has 3 fully saturated rings. The maximum atomic E-state index is 17.1. The first-order valence-corrected chi connectivity index (χ1v) is 16.6. The molecule has 4 aromatic rings. The van der Waals surface area contributed by atoms with Crippen molar-refractivity contribution < 1.29 is 27.8 Å². The first-order valence-electron chi connectivity index (χ1n) is 16.2. The fourth-order valence-corrected chi connectivity index (χ4v) is 8.04. The summed E-state index contributed by atoms with van der Waals surface area (Å²) in [7, 11) is 0. The first kappa shape index (κ1) is 30.9. The lowest BCUT2D eigenvalue weighted by Gasteiger charge is -2.32. The Morgan fingerprint density at radius 1 is 1.25 bits per heavy atom. The molecule has 4 aliphatic rings. The van der Waals surface area contributed by atoms with Gasteiger partial charge < -0.3 is 24.8 Å². The van der Waals surface area contributed by atoms with Crippen molar-refractivity contribution >= 4 is 40.6 Å². The van der Waals surface area contributed by atoms with Crippen molar-refractivity contribution in [3.8, 4) is 28.9 Å². The summed E-state index contributed by atoms with van der Waals surface area (Å²) in [5.41, 5.74) is 7.60. The Labute approximate surface area is 280 Å². The first-order chi connectivity index (χ1) is 23.3. The number of ether oxygens (including phenoxy) is 3. The van der Waals surface area contributed by atoms with E-state index in [-0.39, 0.29) is 59.4 Å².